The van der Waals surface area contributed by atoms with Crippen LogP contribution in [0.3, 0.4) is 0 Å². The molecule has 0 bridgehead atoms. The Labute approximate surface area is 123 Å². The van der Waals surface area contributed by atoms with Gasteiger partial charge in [-0.3, -0.25) is 9.69 Å². The molecule has 1 aliphatic heterocycles. The molecule has 2 fully saturated rings. The van der Waals surface area contributed by atoms with Crippen LogP contribution in [0.4, 0.5) is 0 Å². The van der Waals surface area contributed by atoms with Gasteiger partial charge in [-0.2, -0.15) is 0 Å². The van der Waals surface area contributed by atoms with Crippen LogP contribution in [-0.2, 0) is 9.53 Å². The number of carbonyl (C=O) groups excluding carboxylic acids is 1. The lowest BCUT2D eigenvalue weighted by Crippen LogP contribution is -2.58. The van der Waals surface area contributed by atoms with Crippen LogP contribution in [-0.4, -0.2) is 49.7 Å². The van der Waals surface area contributed by atoms with Crippen molar-refractivity contribution in [2.45, 2.75) is 52.1 Å². The summed E-state index contributed by atoms with van der Waals surface area (Å²) >= 11 is 0. The predicted octanol–water partition coefficient (Wildman–Crippen LogP) is 1.89. The first kappa shape index (κ1) is 15.8. The average Bonchev–Trinajstić information content (AvgIpc) is 2.42. The van der Waals surface area contributed by atoms with Gasteiger partial charge in [-0.25, -0.2) is 0 Å². The molecule has 20 heavy (non-hydrogen) atoms. The maximum Gasteiger partial charge on any atom is 0.310 e. The van der Waals surface area contributed by atoms with Crippen LogP contribution in [0.1, 0.15) is 40.0 Å². The van der Waals surface area contributed by atoms with Crippen molar-refractivity contribution in [3.8, 4) is 0 Å². The molecule has 0 radical (unpaired) electrons. The topological polar surface area (TPSA) is 41.6 Å². The number of methoxy groups -OCH3 is 1. The lowest BCUT2D eigenvalue weighted by Gasteiger charge is -2.48. The van der Waals surface area contributed by atoms with Gasteiger partial charge < -0.3 is 10.1 Å². The molecule has 1 aliphatic carbocycles. The number of piperidine rings is 1. The number of nitrogens with zero attached hydrogens (tertiary/aromatic N) is 1. The molecule has 0 aromatic heterocycles. The minimum Gasteiger partial charge on any atom is -0.469 e. The molecule has 1 N–H and O–H groups in total. The summed E-state index contributed by atoms with van der Waals surface area (Å²) in [5.74, 6) is 1.41. The van der Waals surface area contributed by atoms with Crippen molar-refractivity contribution in [2.24, 2.45) is 17.8 Å². The fraction of sp³-hybridized carbons (Fsp3) is 0.938. The number of nitrogens with one attached hydrogen (secondary N) is 1. The van der Waals surface area contributed by atoms with Gasteiger partial charge in [-0.1, -0.05) is 20.8 Å². The molecule has 4 unspecified atom stereocenters. The third-order valence-electron chi connectivity index (χ3n) is 4.87. The number of likely N-dealkylation sites (tertiary alicyclic amines) is 1. The summed E-state index contributed by atoms with van der Waals surface area (Å²) in [6, 6.07) is 1.09. The van der Waals surface area contributed by atoms with Crippen LogP contribution in [0.5, 0.6) is 0 Å². The van der Waals surface area contributed by atoms with Crippen LogP contribution in [0.2, 0.25) is 0 Å². The lowest BCUT2D eigenvalue weighted by molar-refractivity contribution is -0.148. The van der Waals surface area contributed by atoms with Gasteiger partial charge in [0, 0.05) is 25.2 Å². The number of ether oxygens (including phenoxy) is 1. The summed E-state index contributed by atoms with van der Waals surface area (Å²) in [7, 11) is 1.50. The van der Waals surface area contributed by atoms with E-state index >= 15 is 0 Å². The maximum atomic E-state index is 11.9. The molecule has 2 rings (SSSR count). The highest BCUT2D eigenvalue weighted by Gasteiger charge is 2.39. The summed E-state index contributed by atoms with van der Waals surface area (Å²) in [6.07, 6.45) is 3.52. The van der Waals surface area contributed by atoms with Gasteiger partial charge in [0.1, 0.15) is 0 Å². The van der Waals surface area contributed by atoms with Crippen molar-refractivity contribution in [3.63, 3.8) is 0 Å². The Morgan fingerprint density at radius 3 is 2.60 bits per heavy atom. The molecule has 2 aliphatic rings. The van der Waals surface area contributed by atoms with Gasteiger partial charge in [0.05, 0.1) is 13.0 Å². The second-order valence-corrected chi connectivity index (χ2v) is 7.03. The Morgan fingerprint density at radius 2 is 2.10 bits per heavy atom. The quantitative estimate of drug-likeness (QED) is 0.782. The van der Waals surface area contributed by atoms with E-state index in [9.17, 15) is 4.79 Å². The highest BCUT2D eigenvalue weighted by Crippen LogP contribution is 2.34. The van der Waals surface area contributed by atoms with Crippen LogP contribution >= 0.6 is 0 Å². The molecule has 0 aromatic carbocycles. The van der Waals surface area contributed by atoms with Gasteiger partial charge in [-0.15, -0.1) is 0 Å². The van der Waals surface area contributed by atoms with Crippen LogP contribution < -0.4 is 5.32 Å². The number of rotatable bonds is 5. The largest absolute Gasteiger partial charge is 0.469 e. The summed E-state index contributed by atoms with van der Waals surface area (Å²) in [5.41, 5.74) is 0. The predicted molar refractivity (Wildman–Crippen MR) is 80.5 cm³/mol. The van der Waals surface area contributed by atoms with E-state index in [0.29, 0.717) is 18.0 Å². The minimum absolute atomic E-state index is 0.0335. The molecule has 0 spiro atoms. The normalized spacial score (nSPS) is 34.9. The van der Waals surface area contributed by atoms with Crippen molar-refractivity contribution >= 4 is 5.97 Å². The molecule has 0 amide bonds. The van der Waals surface area contributed by atoms with Crippen molar-refractivity contribution in [1.82, 2.24) is 10.2 Å². The van der Waals surface area contributed by atoms with E-state index in [1.54, 1.807) is 0 Å². The molecule has 1 saturated carbocycles. The van der Waals surface area contributed by atoms with E-state index < -0.39 is 0 Å². The smallest absolute Gasteiger partial charge is 0.310 e. The first-order valence-corrected chi connectivity index (χ1v) is 8.06. The fourth-order valence-electron chi connectivity index (χ4n) is 3.48. The first-order valence-electron chi connectivity index (χ1n) is 8.06. The van der Waals surface area contributed by atoms with Crippen molar-refractivity contribution in [1.29, 1.82) is 0 Å². The molecule has 116 valence electrons. The highest BCUT2D eigenvalue weighted by molar-refractivity contribution is 5.72. The zero-order valence-corrected chi connectivity index (χ0v) is 13.4. The third kappa shape index (κ3) is 3.73. The Morgan fingerprint density at radius 1 is 1.35 bits per heavy atom. The van der Waals surface area contributed by atoms with Gasteiger partial charge in [-0.05, 0) is 37.6 Å². The Balaban J connectivity index is 1.96. The second-order valence-electron chi connectivity index (χ2n) is 7.03. The SMILES string of the molecule is COC(=O)C1CC(NCC(C)C)CN(C2CCC2C)C1. The van der Waals surface area contributed by atoms with Crippen molar-refractivity contribution in [3.05, 3.63) is 0 Å². The molecule has 4 heteroatoms. The van der Waals surface area contributed by atoms with E-state index in [2.05, 4.69) is 31.0 Å². The van der Waals surface area contributed by atoms with Crippen LogP contribution in [0.25, 0.3) is 0 Å². The average molecular weight is 282 g/mol. The molecule has 0 aromatic rings. The highest BCUT2D eigenvalue weighted by atomic mass is 16.5. The molecule has 4 nitrogen and oxygen atoms in total. The molecule has 1 saturated heterocycles. The van der Waals surface area contributed by atoms with Gasteiger partial charge in [0.2, 0.25) is 0 Å². The van der Waals surface area contributed by atoms with E-state index in [1.165, 1.54) is 20.0 Å². The second kappa shape index (κ2) is 6.90. The minimum atomic E-state index is -0.0435. The van der Waals surface area contributed by atoms with Crippen LogP contribution in [0.15, 0.2) is 0 Å². The fourth-order valence-corrected chi connectivity index (χ4v) is 3.48. The Kier molecular flexibility index (Phi) is 5.44. The number of hydrogen-bond acceptors (Lipinski definition) is 4. The summed E-state index contributed by atoms with van der Waals surface area (Å²) < 4.78 is 4.98. The third-order valence-corrected chi connectivity index (χ3v) is 4.87. The van der Waals surface area contributed by atoms with E-state index in [0.717, 1.165) is 32.0 Å². The van der Waals surface area contributed by atoms with Crippen LogP contribution in [0, 0.1) is 17.8 Å². The van der Waals surface area contributed by atoms with Gasteiger partial charge >= 0.3 is 5.97 Å². The molecule has 4 atom stereocenters. The van der Waals surface area contributed by atoms with Gasteiger partial charge in [0.15, 0.2) is 0 Å². The van der Waals surface area contributed by atoms with Crippen molar-refractivity contribution in [2.75, 3.05) is 26.7 Å². The lowest BCUT2D eigenvalue weighted by atomic mass is 9.78. The molecular weight excluding hydrogens is 252 g/mol. The zero-order valence-electron chi connectivity index (χ0n) is 13.4. The first-order chi connectivity index (χ1) is 9.51. The summed E-state index contributed by atoms with van der Waals surface area (Å²) in [6.45, 7) is 9.74. The maximum absolute atomic E-state index is 11.9. The van der Waals surface area contributed by atoms with Gasteiger partial charge in [0.25, 0.3) is 0 Å². The number of esters is 1. The van der Waals surface area contributed by atoms with E-state index in [-0.39, 0.29) is 11.9 Å². The van der Waals surface area contributed by atoms with E-state index in [4.69, 9.17) is 4.74 Å². The number of hydrogen-bond donors (Lipinski definition) is 1. The monoisotopic (exact) mass is 282 g/mol. The number of carbonyl (C=O) groups is 1. The summed E-state index contributed by atoms with van der Waals surface area (Å²) in [4.78, 5) is 14.5. The Hall–Kier alpha value is -0.610. The molecular formula is C16H30N2O2. The standard InChI is InChI=1S/C16H30N2O2/c1-11(2)8-17-14-7-13(16(19)20-4)9-18(10-14)15-6-5-12(15)3/h11-15,17H,5-10H2,1-4H3. The molecule has 1 heterocycles. The Bertz CT molecular complexity index is 332. The zero-order chi connectivity index (χ0) is 14.7. The summed E-state index contributed by atoms with van der Waals surface area (Å²) in [5, 5.41) is 3.63. The van der Waals surface area contributed by atoms with Crippen molar-refractivity contribution < 1.29 is 9.53 Å². The van der Waals surface area contributed by atoms with E-state index in [1.807, 2.05) is 0 Å².